The summed E-state index contributed by atoms with van der Waals surface area (Å²) >= 11 is 0. The van der Waals surface area contributed by atoms with Gasteiger partial charge >= 0.3 is 0 Å². The molecule has 1 heterocycles. The summed E-state index contributed by atoms with van der Waals surface area (Å²) in [6, 6.07) is 4.96. The monoisotopic (exact) mass is 266 g/mol. The summed E-state index contributed by atoms with van der Waals surface area (Å²) in [5, 5.41) is 14.3. The first-order valence-corrected chi connectivity index (χ1v) is 6.28. The number of nitrogens with one attached hydrogen (secondary N) is 1. The van der Waals surface area contributed by atoms with Crippen LogP contribution in [0.15, 0.2) is 18.2 Å². The number of nitrogens with zero attached hydrogens (tertiary/aromatic N) is 1. The van der Waals surface area contributed by atoms with Gasteiger partial charge in [0.05, 0.1) is 24.7 Å². The maximum Gasteiger partial charge on any atom is 0.296 e. The molecule has 104 valence electrons. The Morgan fingerprint density at radius 1 is 1.58 bits per heavy atom. The predicted octanol–water partition coefficient (Wildman–Crippen LogP) is 2.44. The van der Waals surface area contributed by atoms with E-state index in [9.17, 15) is 10.1 Å². The molecule has 2 rings (SSSR count). The first-order chi connectivity index (χ1) is 9.11. The molecule has 1 aromatic rings. The van der Waals surface area contributed by atoms with Gasteiger partial charge in [-0.1, -0.05) is 0 Å². The van der Waals surface area contributed by atoms with Gasteiger partial charge in [0.15, 0.2) is 0 Å². The second-order valence-electron chi connectivity index (χ2n) is 4.70. The fourth-order valence-corrected chi connectivity index (χ4v) is 2.22. The average Bonchev–Trinajstić information content (AvgIpc) is 2.92. The summed E-state index contributed by atoms with van der Waals surface area (Å²) in [5.74, 6) is 0.871. The highest BCUT2D eigenvalue weighted by molar-refractivity contribution is 5.64. The van der Waals surface area contributed by atoms with Crippen LogP contribution in [0, 0.1) is 16.0 Å². The number of ether oxygens (including phenoxy) is 2. The van der Waals surface area contributed by atoms with Crippen molar-refractivity contribution >= 4 is 11.4 Å². The first-order valence-electron chi connectivity index (χ1n) is 6.28. The molecule has 0 bridgehead atoms. The number of hydrogen-bond donors (Lipinski definition) is 1. The van der Waals surface area contributed by atoms with Crippen LogP contribution in [0.25, 0.3) is 0 Å². The van der Waals surface area contributed by atoms with E-state index < -0.39 is 4.92 Å². The highest BCUT2D eigenvalue weighted by atomic mass is 16.6. The van der Waals surface area contributed by atoms with Gasteiger partial charge in [-0.15, -0.1) is 0 Å². The van der Waals surface area contributed by atoms with E-state index in [1.54, 1.807) is 12.1 Å². The van der Waals surface area contributed by atoms with E-state index in [1.807, 2.05) is 6.92 Å². The molecule has 2 atom stereocenters. The standard InChI is InChI=1S/C13H18N2O4/c1-9(10-5-6-19-8-10)14-12-4-3-11(18-2)7-13(12)15(16)17/h3-4,7,9-10,14H,5-6,8H2,1-2H3. The van der Waals surface area contributed by atoms with E-state index in [0.717, 1.165) is 13.0 Å². The van der Waals surface area contributed by atoms with Crippen molar-refractivity contribution in [2.24, 2.45) is 5.92 Å². The lowest BCUT2D eigenvalue weighted by molar-refractivity contribution is -0.384. The molecule has 0 aromatic heterocycles. The van der Waals surface area contributed by atoms with Crippen molar-refractivity contribution in [1.82, 2.24) is 0 Å². The topological polar surface area (TPSA) is 73.6 Å². The number of nitro benzene ring substituents is 1. The molecule has 1 aromatic carbocycles. The van der Waals surface area contributed by atoms with E-state index in [1.165, 1.54) is 13.2 Å². The largest absolute Gasteiger partial charge is 0.496 e. The zero-order chi connectivity index (χ0) is 13.8. The second-order valence-corrected chi connectivity index (χ2v) is 4.70. The maximum atomic E-state index is 11.1. The van der Waals surface area contributed by atoms with E-state index in [4.69, 9.17) is 9.47 Å². The quantitative estimate of drug-likeness (QED) is 0.654. The fraction of sp³-hybridized carbons (Fsp3) is 0.538. The van der Waals surface area contributed by atoms with Crippen LogP contribution in [-0.2, 0) is 4.74 Å². The third-order valence-corrected chi connectivity index (χ3v) is 3.46. The van der Waals surface area contributed by atoms with Crippen LogP contribution in [0.4, 0.5) is 11.4 Å². The summed E-state index contributed by atoms with van der Waals surface area (Å²) in [5.41, 5.74) is 0.551. The van der Waals surface area contributed by atoms with E-state index in [2.05, 4.69) is 5.32 Å². The summed E-state index contributed by atoms with van der Waals surface area (Å²) in [6.07, 6.45) is 0.984. The van der Waals surface area contributed by atoms with Crippen molar-refractivity contribution in [3.63, 3.8) is 0 Å². The molecule has 0 aliphatic carbocycles. The highest BCUT2D eigenvalue weighted by Crippen LogP contribution is 2.31. The lowest BCUT2D eigenvalue weighted by Crippen LogP contribution is -2.26. The van der Waals surface area contributed by atoms with Gasteiger partial charge in [0.1, 0.15) is 11.4 Å². The minimum absolute atomic E-state index is 0.0325. The molecule has 1 saturated heterocycles. The van der Waals surface area contributed by atoms with Gasteiger partial charge in [-0.3, -0.25) is 10.1 Å². The zero-order valence-corrected chi connectivity index (χ0v) is 11.1. The molecular formula is C13H18N2O4. The normalized spacial score (nSPS) is 20.0. The summed E-state index contributed by atoms with van der Waals surface area (Å²) in [6.45, 7) is 3.49. The molecule has 6 heteroatoms. The zero-order valence-electron chi connectivity index (χ0n) is 11.1. The smallest absolute Gasteiger partial charge is 0.296 e. The van der Waals surface area contributed by atoms with Gasteiger partial charge in [-0.2, -0.15) is 0 Å². The third-order valence-electron chi connectivity index (χ3n) is 3.46. The van der Waals surface area contributed by atoms with E-state index in [0.29, 0.717) is 24.0 Å². The molecule has 0 amide bonds. The van der Waals surface area contributed by atoms with Crippen LogP contribution in [0.3, 0.4) is 0 Å². The number of benzene rings is 1. The predicted molar refractivity (Wildman–Crippen MR) is 71.7 cm³/mol. The molecule has 19 heavy (non-hydrogen) atoms. The van der Waals surface area contributed by atoms with Crippen molar-refractivity contribution in [3.05, 3.63) is 28.3 Å². The van der Waals surface area contributed by atoms with E-state index >= 15 is 0 Å². The molecule has 0 radical (unpaired) electrons. The Morgan fingerprint density at radius 2 is 2.37 bits per heavy atom. The lowest BCUT2D eigenvalue weighted by Gasteiger charge is -2.20. The van der Waals surface area contributed by atoms with Gasteiger partial charge in [0.25, 0.3) is 5.69 Å². The molecule has 2 unspecified atom stereocenters. The lowest BCUT2D eigenvalue weighted by atomic mass is 10.0. The molecule has 0 spiro atoms. The van der Waals surface area contributed by atoms with Crippen LogP contribution in [0.2, 0.25) is 0 Å². The van der Waals surface area contributed by atoms with Crippen LogP contribution in [0.1, 0.15) is 13.3 Å². The van der Waals surface area contributed by atoms with Crippen molar-refractivity contribution in [2.45, 2.75) is 19.4 Å². The molecule has 1 aliphatic rings. The number of rotatable bonds is 5. The summed E-state index contributed by atoms with van der Waals surface area (Å²) < 4.78 is 10.3. The van der Waals surface area contributed by atoms with Gasteiger partial charge in [-0.05, 0) is 25.5 Å². The van der Waals surface area contributed by atoms with Gasteiger partial charge < -0.3 is 14.8 Å². The van der Waals surface area contributed by atoms with Crippen LogP contribution >= 0.6 is 0 Å². The fourth-order valence-electron chi connectivity index (χ4n) is 2.22. The Kier molecular flexibility index (Phi) is 4.21. The van der Waals surface area contributed by atoms with E-state index in [-0.39, 0.29) is 11.7 Å². The Bertz CT molecular complexity index is 458. The first kappa shape index (κ1) is 13.6. The Morgan fingerprint density at radius 3 is 2.95 bits per heavy atom. The minimum Gasteiger partial charge on any atom is -0.496 e. The third kappa shape index (κ3) is 3.14. The summed E-state index contributed by atoms with van der Waals surface area (Å²) in [7, 11) is 1.49. The van der Waals surface area contributed by atoms with Crippen LogP contribution < -0.4 is 10.1 Å². The van der Waals surface area contributed by atoms with Crippen molar-refractivity contribution in [2.75, 3.05) is 25.6 Å². The number of nitro groups is 1. The molecule has 0 saturated carbocycles. The van der Waals surface area contributed by atoms with Crippen molar-refractivity contribution < 1.29 is 14.4 Å². The molecule has 1 N–H and O–H groups in total. The highest BCUT2D eigenvalue weighted by Gasteiger charge is 2.24. The van der Waals surface area contributed by atoms with Gasteiger partial charge in [-0.25, -0.2) is 0 Å². The number of hydrogen-bond acceptors (Lipinski definition) is 5. The van der Waals surface area contributed by atoms with Crippen LogP contribution in [0.5, 0.6) is 5.75 Å². The second kappa shape index (κ2) is 5.88. The Hall–Kier alpha value is -1.82. The number of methoxy groups -OCH3 is 1. The van der Waals surface area contributed by atoms with Gasteiger partial charge in [0, 0.05) is 18.6 Å². The van der Waals surface area contributed by atoms with Gasteiger partial charge in [0.2, 0.25) is 0 Å². The maximum absolute atomic E-state index is 11.1. The Labute approximate surface area is 111 Å². The minimum atomic E-state index is -0.400. The molecule has 1 aliphatic heterocycles. The Balaban J connectivity index is 2.16. The molecule has 6 nitrogen and oxygen atoms in total. The molecular weight excluding hydrogens is 248 g/mol. The molecule has 1 fully saturated rings. The SMILES string of the molecule is COc1ccc(NC(C)C2CCOC2)c([N+](=O)[O-])c1. The van der Waals surface area contributed by atoms with Crippen molar-refractivity contribution in [3.8, 4) is 5.75 Å². The summed E-state index contributed by atoms with van der Waals surface area (Å²) in [4.78, 5) is 10.7. The van der Waals surface area contributed by atoms with Crippen LogP contribution in [-0.4, -0.2) is 31.3 Å². The van der Waals surface area contributed by atoms with Crippen molar-refractivity contribution in [1.29, 1.82) is 0 Å². The number of anilines is 1. The average molecular weight is 266 g/mol.